The van der Waals surface area contributed by atoms with Gasteiger partial charge in [0, 0.05) is 19.3 Å². The first kappa shape index (κ1) is 77.5. The third-order valence-corrected chi connectivity index (χ3v) is 14.4. The van der Waals surface area contributed by atoms with Gasteiger partial charge < -0.3 is 14.2 Å². The number of unbranched alkanes of at least 4 members (excludes halogenated alkanes) is 28. The Hall–Kier alpha value is -4.45. The molecule has 0 saturated heterocycles. The van der Waals surface area contributed by atoms with Crippen LogP contribution < -0.4 is 0 Å². The highest BCUT2D eigenvalue weighted by atomic mass is 16.6. The zero-order chi connectivity index (χ0) is 59.2. The topological polar surface area (TPSA) is 78.9 Å². The van der Waals surface area contributed by atoms with E-state index in [0.717, 1.165) is 135 Å². The summed E-state index contributed by atoms with van der Waals surface area (Å²) in [5.74, 6) is -0.892. The van der Waals surface area contributed by atoms with Crippen molar-refractivity contribution in [3.8, 4) is 0 Å². The maximum Gasteiger partial charge on any atom is 0.306 e. The molecule has 0 aliphatic carbocycles. The fourth-order valence-electron chi connectivity index (χ4n) is 9.36. The molecule has 0 aromatic rings. The maximum absolute atomic E-state index is 12.9. The van der Waals surface area contributed by atoms with Gasteiger partial charge in [-0.1, -0.05) is 309 Å². The highest BCUT2D eigenvalue weighted by Gasteiger charge is 2.19. The van der Waals surface area contributed by atoms with Crippen molar-refractivity contribution in [2.45, 2.75) is 316 Å². The monoisotopic (exact) mass is 1130 g/mol. The third-order valence-electron chi connectivity index (χ3n) is 14.4. The summed E-state index contributed by atoms with van der Waals surface area (Å²) < 4.78 is 16.9. The molecule has 0 aliphatic rings. The Morgan fingerprint density at radius 3 is 0.744 bits per heavy atom. The molecule has 0 fully saturated rings. The van der Waals surface area contributed by atoms with Crippen LogP contribution in [-0.2, 0) is 28.6 Å². The highest BCUT2D eigenvalue weighted by Crippen LogP contribution is 2.16. The van der Waals surface area contributed by atoms with E-state index in [0.29, 0.717) is 19.3 Å². The largest absolute Gasteiger partial charge is 0.462 e. The van der Waals surface area contributed by atoms with Crippen molar-refractivity contribution in [3.05, 3.63) is 134 Å². The van der Waals surface area contributed by atoms with Crippen molar-refractivity contribution in [1.82, 2.24) is 0 Å². The lowest BCUT2D eigenvalue weighted by molar-refractivity contribution is -0.167. The van der Waals surface area contributed by atoms with E-state index in [1.165, 1.54) is 135 Å². The zero-order valence-electron chi connectivity index (χ0n) is 53.5. The molecule has 0 saturated carbocycles. The summed E-state index contributed by atoms with van der Waals surface area (Å²) in [4.78, 5) is 38.4. The van der Waals surface area contributed by atoms with Gasteiger partial charge in [-0.15, -0.1) is 0 Å². The van der Waals surface area contributed by atoms with Gasteiger partial charge in [0.05, 0.1) is 0 Å². The van der Waals surface area contributed by atoms with Gasteiger partial charge in [0.15, 0.2) is 6.10 Å². The lowest BCUT2D eigenvalue weighted by Crippen LogP contribution is -2.30. The quantitative estimate of drug-likeness (QED) is 0.0261. The summed E-state index contributed by atoms with van der Waals surface area (Å²) in [5.41, 5.74) is 0. The Kier molecular flexibility index (Phi) is 65.3. The Morgan fingerprint density at radius 1 is 0.256 bits per heavy atom. The van der Waals surface area contributed by atoms with Crippen LogP contribution in [-0.4, -0.2) is 37.2 Å². The van der Waals surface area contributed by atoms with E-state index >= 15 is 0 Å². The van der Waals surface area contributed by atoms with Crippen LogP contribution >= 0.6 is 0 Å². The van der Waals surface area contributed by atoms with Gasteiger partial charge in [-0.05, 0) is 116 Å². The third kappa shape index (κ3) is 66.4. The fraction of sp³-hybridized carbons (Fsp3) is 0.671. The number of carbonyl (C=O) groups is 3. The molecule has 0 radical (unpaired) electrons. The Balaban J connectivity index is 4.33. The van der Waals surface area contributed by atoms with E-state index in [-0.39, 0.29) is 31.1 Å². The normalized spacial score (nSPS) is 13.0. The highest BCUT2D eigenvalue weighted by molar-refractivity contribution is 5.71. The van der Waals surface area contributed by atoms with Gasteiger partial charge in [-0.25, -0.2) is 0 Å². The average Bonchev–Trinajstić information content (AvgIpc) is 3.47. The standard InChI is InChI=1S/C76H126O6/c1-4-7-10-13-16-19-22-25-27-29-31-33-35-36-37-38-39-40-42-43-45-47-49-51-54-57-60-63-66-69-75(78)81-72-73(71-80-74(77)68-65-62-59-56-53-24-21-18-15-12-9-6-3)82-76(79)70-67-64-61-58-55-52-50-48-46-44-41-34-32-30-28-26-23-20-17-14-11-8-5-2/h7-8,10-11,16-17,19-20,25-28,31-34,36-37,39-40,43,45,73H,4-6,9,12-15,18,21-24,29-30,35,38,41-42,44,46-72H2,1-3H3/b10-7-,11-8-,19-16-,20-17-,27-25-,28-26-,33-31-,34-32-,37-36-,40-39-,45-43-. The van der Waals surface area contributed by atoms with Crippen LogP contribution in [0.15, 0.2) is 134 Å². The van der Waals surface area contributed by atoms with E-state index in [4.69, 9.17) is 14.2 Å². The molecule has 82 heavy (non-hydrogen) atoms. The average molecular weight is 1140 g/mol. The predicted octanol–water partition coefficient (Wildman–Crippen LogP) is 23.7. The van der Waals surface area contributed by atoms with Gasteiger partial charge in [-0.2, -0.15) is 0 Å². The lowest BCUT2D eigenvalue weighted by Gasteiger charge is -2.18. The van der Waals surface area contributed by atoms with Crippen molar-refractivity contribution in [1.29, 1.82) is 0 Å². The van der Waals surface area contributed by atoms with E-state index < -0.39 is 6.10 Å². The first-order chi connectivity index (χ1) is 40.5. The van der Waals surface area contributed by atoms with Crippen LogP contribution in [0, 0.1) is 0 Å². The molecule has 0 spiro atoms. The first-order valence-electron chi connectivity index (χ1n) is 34.2. The minimum Gasteiger partial charge on any atom is -0.462 e. The second kappa shape index (κ2) is 69.0. The number of rotatable bonds is 61. The van der Waals surface area contributed by atoms with Crippen LogP contribution in [0.25, 0.3) is 0 Å². The Morgan fingerprint density at radius 2 is 0.476 bits per heavy atom. The van der Waals surface area contributed by atoms with Crippen LogP contribution in [0.5, 0.6) is 0 Å². The second-order valence-electron chi connectivity index (χ2n) is 22.3. The molecule has 0 heterocycles. The minimum absolute atomic E-state index is 0.0835. The van der Waals surface area contributed by atoms with Crippen LogP contribution in [0.4, 0.5) is 0 Å². The molecule has 0 N–H and O–H groups in total. The molecular weight excluding hydrogens is 1010 g/mol. The van der Waals surface area contributed by atoms with Gasteiger partial charge in [0.2, 0.25) is 0 Å². The molecule has 0 amide bonds. The first-order valence-corrected chi connectivity index (χ1v) is 34.2. The van der Waals surface area contributed by atoms with Crippen molar-refractivity contribution < 1.29 is 28.6 Å². The molecule has 1 unspecified atom stereocenters. The predicted molar refractivity (Wildman–Crippen MR) is 357 cm³/mol. The van der Waals surface area contributed by atoms with E-state index in [1.54, 1.807) is 0 Å². The number of ether oxygens (including phenoxy) is 3. The van der Waals surface area contributed by atoms with E-state index in [2.05, 4.69) is 154 Å². The summed E-state index contributed by atoms with van der Waals surface area (Å²) in [6.07, 6.45) is 97.5. The maximum atomic E-state index is 12.9. The summed E-state index contributed by atoms with van der Waals surface area (Å²) >= 11 is 0. The second-order valence-corrected chi connectivity index (χ2v) is 22.3. The zero-order valence-corrected chi connectivity index (χ0v) is 53.5. The molecule has 0 bridgehead atoms. The Labute approximate surface area is 506 Å². The minimum atomic E-state index is -0.789. The molecule has 6 nitrogen and oxygen atoms in total. The van der Waals surface area contributed by atoms with Crippen LogP contribution in [0.2, 0.25) is 0 Å². The number of hydrogen-bond acceptors (Lipinski definition) is 6. The van der Waals surface area contributed by atoms with E-state index in [1.807, 2.05) is 0 Å². The van der Waals surface area contributed by atoms with Crippen LogP contribution in [0.3, 0.4) is 0 Å². The van der Waals surface area contributed by atoms with Crippen molar-refractivity contribution in [2.24, 2.45) is 0 Å². The number of esters is 3. The smallest absolute Gasteiger partial charge is 0.306 e. The molecule has 0 rings (SSSR count). The molecular formula is C76H126O6. The molecule has 0 aromatic carbocycles. The number of allylic oxidation sites excluding steroid dienone is 22. The van der Waals surface area contributed by atoms with E-state index in [9.17, 15) is 14.4 Å². The lowest BCUT2D eigenvalue weighted by atomic mass is 10.0. The summed E-state index contributed by atoms with van der Waals surface area (Å²) in [6.45, 7) is 6.42. The molecule has 6 heteroatoms. The fourth-order valence-corrected chi connectivity index (χ4v) is 9.36. The Bertz CT molecular complexity index is 1730. The van der Waals surface area contributed by atoms with Crippen LogP contribution in [0.1, 0.15) is 310 Å². The van der Waals surface area contributed by atoms with Crippen molar-refractivity contribution in [3.63, 3.8) is 0 Å². The van der Waals surface area contributed by atoms with Gasteiger partial charge in [0.1, 0.15) is 13.2 Å². The van der Waals surface area contributed by atoms with Crippen molar-refractivity contribution >= 4 is 17.9 Å². The van der Waals surface area contributed by atoms with Gasteiger partial charge >= 0.3 is 17.9 Å². The summed E-state index contributed by atoms with van der Waals surface area (Å²) in [6, 6.07) is 0. The van der Waals surface area contributed by atoms with Gasteiger partial charge in [-0.3, -0.25) is 14.4 Å². The molecule has 0 aromatic heterocycles. The molecule has 0 aliphatic heterocycles. The summed E-state index contributed by atoms with van der Waals surface area (Å²) in [7, 11) is 0. The molecule has 1 atom stereocenters. The van der Waals surface area contributed by atoms with Gasteiger partial charge in [0.25, 0.3) is 0 Å². The number of hydrogen-bond donors (Lipinski definition) is 0. The molecule has 466 valence electrons. The number of carbonyl (C=O) groups excluding carboxylic acids is 3. The van der Waals surface area contributed by atoms with Crippen molar-refractivity contribution in [2.75, 3.05) is 13.2 Å². The summed E-state index contributed by atoms with van der Waals surface area (Å²) in [5, 5.41) is 0. The SMILES string of the molecule is CC/C=C\C/C=C\C/C=C\C/C=C\C/C=C\C/C=C\C/C=C\CCCCCCCCCC(=O)OCC(COC(=O)CCCCCCCCCCCCCC)OC(=O)CCCCCCCCCCCC/C=C\C/C=C\C/C=C\C/C=C\CC.